The van der Waals surface area contributed by atoms with Gasteiger partial charge in [-0.2, -0.15) is 0 Å². The van der Waals surface area contributed by atoms with E-state index in [0.717, 1.165) is 36.9 Å². The average molecular weight is 377 g/mol. The van der Waals surface area contributed by atoms with E-state index in [-0.39, 0.29) is 0 Å². The van der Waals surface area contributed by atoms with Crippen molar-refractivity contribution in [3.8, 4) is 0 Å². The summed E-state index contributed by atoms with van der Waals surface area (Å²) in [6, 6.07) is 0. The zero-order valence-electron chi connectivity index (χ0n) is 18.4. The van der Waals surface area contributed by atoms with Crippen molar-refractivity contribution in [3.63, 3.8) is 0 Å². The topological polar surface area (TPSA) is 9.23 Å². The minimum atomic E-state index is 0.725. The van der Waals surface area contributed by atoms with Crippen molar-refractivity contribution >= 4 is 0 Å². The smallest absolute Gasteiger partial charge is 0.0644 e. The van der Waals surface area contributed by atoms with Gasteiger partial charge in [-0.25, -0.2) is 0 Å². The third kappa shape index (κ3) is 9.64. The van der Waals surface area contributed by atoms with Crippen molar-refractivity contribution in [2.45, 2.75) is 116 Å². The molecule has 0 spiro atoms. The SMILES string of the molecule is C=CCOC[C@H]1CC[C@H](C2CCC(CCCCCCCCCC)CC2)CC1. The lowest BCUT2D eigenvalue weighted by Gasteiger charge is -2.38. The Hall–Kier alpha value is -0.300. The summed E-state index contributed by atoms with van der Waals surface area (Å²) in [5.41, 5.74) is 0. The maximum atomic E-state index is 5.68. The Bertz CT molecular complexity index is 347. The molecule has 1 heteroatoms. The van der Waals surface area contributed by atoms with Gasteiger partial charge in [-0.1, -0.05) is 83.6 Å². The zero-order chi connectivity index (χ0) is 19.2. The first-order valence-electron chi connectivity index (χ1n) is 12.5. The molecule has 2 aliphatic carbocycles. The number of ether oxygens (including phenoxy) is 1. The fourth-order valence-electron chi connectivity index (χ4n) is 5.66. The summed E-state index contributed by atoms with van der Waals surface area (Å²) in [6.45, 7) is 7.73. The lowest BCUT2D eigenvalue weighted by Crippen LogP contribution is -2.27. The lowest BCUT2D eigenvalue weighted by atomic mass is 9.69. The first-order valence-corrected chi connectivity index (χ1v) is 12.5. The summed E-state index contributed by atoms with van der Waals surface area (Å²) in [5.74, 6) is 3.96. The van der Waals surface area contributed by atoms with Crippen molar-refractivity contribution in [1.29, 1.82) is 0 Å². The summed E-state index contributed by atoms with van der Waals surface area (Å²) in [4.78, 5) is 0. The number of unbranched alkanes of at least 4 members (excludes halogenated alkanes) is 7. The highest BCUT2D eigenvalue weighted by atomic mass is 16.5. The molecule has 0 bridgehead atoms. The van der Waals surface area contributed by atoms with E-state index < -0.39 is 0 Å². The molecule has 0 aromatic carbocycles. The van der Waals surface area contributed by atoms with E-state index >= 15 is 0 Å². The maximum absolute atomic E-state index is 5.68. The van der Waals surface area contributed by atoms with E-state index in [1.165, 1.54) is 109 Å². The molecular weight excluding hydrogens is 328 g/mol. The molecule has 0 unspecified atom stereocenters. The van der Waals surface area contributed by atoms with Crippen LogP contribution in [0.4, 0.5) is 0 Å². The predicted octanol–water partition coefficient (Wildman–Crippen LogP) is 8.33. The number of hydrogen-bond donors (Lipinski definition) is 0. The van der Waals surface area contributed by atoms with Gasteiger partial charge >= 0.3 is 0 Å². The second-order valence-electron chi connectivity index (χ2n) is 9.65. The van der Waals surface area contributed by atoms with Gasteiger partial charge in [-0.05, 0) is 62.2 Å². The second kappa shape index (κ2) is 14.7. The summed E-state index contributed by atoms with van der Waals surface area (Å²) < 4.78 is 5.68. The normalized spacial score (nSPS) is 28.9. The summed E-state index contributed by atoms with van der Waals surface area (Å²) >= 11 is 0. The Labute approximate surface area is 170 Å². The molecule has 27 heavy (non-hydrogen) atoms. The molecule has 0 aliphatic heterocycles. The maximum Gasteiger partial charge on any atom is 0.0644 e. The third-order valence-electron chi connectivity index (χ3n) is 7.50. The fraction of sp³-hybridized carbons (Fsp3) is 0.923. The fourth-order valence-corrected chi connectivity index (χ4v) is 5.66. The van der Waals surface area contributed by atoms with E-state index in [0.29, 0.717) is 0 Å². The minimum Gasteiger partial charge on any atom is -0.377 e. The van der Waals surface area contributed by atoms with Gasteiger partial charge in [0.1, 0.15) is 0 Å². The monoisotopic (exact) mass is 376 g/mol. The molecule has 1 nitrogen and oxygen atoms in total. The van der Waals surface area contributed by atoms with E-state index in [9.17, 15) is 0 Å². The van der Waals surface area contributed by atoms with Crippen molar-refractivity contribution in [2.24, 2.45) is 23.7 Å². The molecule has 0 saturated heterocycles. The van der Waals surface area contributed by atoms with Crippen LogP contribution in [0.2, 0.25) is 0 Å². The van der Waals surface area contributed by atoms with Crippen LogP contribution in [0.15, 0.2) is 12.7 Å². The average Bonchev–Trinajstić information content (AvgIpc) is 2.71. The van der Waals surface area contributed by atoms with Crippen molar-refractivity contribution in [3.05, 3.63) is 12.7 Å². The molecule has 0 amide bonds. The van der Waals surface area contributed by atoms with Crippen LogP contribution in [0.3, 0.4) is 0 Å². The first-order chi connectivity index (χ1) is 13.3. The molecule has 2 saturated carbocycles. The van der Waals surface area contributed by atoms with E-state index in [1.807, 2.05) is 6.08 Å². The highest BCUT2D eigenvalue weighted by molar-refractivity contribution is 4.82. The van der Waals surface area contributed by atoms with Crippen molar-refractivity contribution < 1.29 is 4.74 Å². The summed E-state index contributed by atoms with van der Waals surface area (Å²) in [6.07, 6.45) is 27.0. The van der Waals surface area contributed by atoms with Crippen LogP contribution in [0.25, 0.3) is 0 Å². The Morgan fingerprint density at radius 2 is 1.22 bits per heavy atom. The summed E-state index contributed by atoms with van der Waals surface area (Å²) in [7, 11) is 0. The molecular formula is C26H48O. The third-order valence-corrected chi connectivity index (χ3v) is 7.50. The Balaban J connectivity index is 1.46. The van der Waals surface area contributed by atoms with Crippen molar-refractivity contribution in [1.82, 2.24) is 0 Å². The van der Waals surface area contributed by atoms with Crippen LogP contribution in [-0.4, -0.2) is 13.2 Å². The van der Waals surface area contributed by atoms with Crippen LogP contribution in [-0.2, 0) is 4.74 Å². The van der Waals surface area contributed by atoms with Gasteiger partial charge in [0.2, 0.25) is 0 Å². The summed E-state index contributed by atoms with van der Waals surface area (Å²) in [5, 5.41) is 0. The van der Waals surface area contributed by atoms with Crippen LogP contribution < -0.4 is 0 Å². The van der Waals surface area contributed by atoms with Gasteiger partial charge in [0, 0.05) is 6.61 Å². The van der Waals surface area contributed by atoms with Gasteiger partial charge in [-0.3, -0.25) is 0 Å². The van der Waals surface area contributed by atoms with Gasteiger partial charge in [-0.15, -0.1) is 6.58 Å². The molecule has 0 radical (unpaired) electrons. The van der Waals surface area contributed by atoms with Gasteiger partial charge in [0.15, 0.2) is 0 Å². The number of hydrogen-bond acceptors (Lipinski definition) is 1. The Kier molecular flexibility index (Phi) is 12.5. The number of rotatable bonds is 14. The highest BCUT2D eigenvalue weighted by Crippen LogP contribution is 2.42. The molecule has 0 N–H and O–H groups in total. The van der Waals surface area contributed by atoms with Crippen LogP contribution in [0, 0.1) is 23.7 Å². The standard InChI is InChI=1S/C26H48O/c1-3-5-6-7-8-9-10-11-12-23-13-17-25(18-14-23)26-19-15-24(16-20-26)22-27-21-4-2/h4,23-26H,2-3,5-22H2,1H3/t23?,24-,25?,26-. The van der Waals surface area contributed by atoms with Gasteiger partial charge < -0.3 is 4.74 Å². The zero-order valence-corrected chi connectivity index (χ0v) is 18.4. The van der Waals surface area contributed by atoms with Crippen LogP contribution >= 0.6 is 0 Å². The molecule has 2 rings (SSSR count). The second-order valence-corrected chi connectivity index (χ2v) is 9.65. The van der Waals surface area contributed by atoms with E-state index in [2.05, 4.69) is 13.5 Å². The Morgan fingerprint density at radius 3 is 1.78 bits per heavy atom. The predicted molar refractivity (Wildman–Crippen MR) is 119 cm³/mol. The Morgan fingerprint density at radius 1 is 0.704 bits per heavy atom. The molecule has 158 valence electrons. The molecule has 0 atom stereocenters. The van der Waals surface area contributed by atoms with E-state index in [4.69, 9.17) is 4.74 Å². The van der Waals surface area contributed by atoms with Crippen LogP contribution in [0.1, 0.15) is 116 Å². The first kappa shape index (κ1) is 23.0. The van der Waals surface area contributed by atoms with E-state index in [1.54, 1.807) is 0 Å². The molecule has 2 aliphatic rings. The molecule has 0 aromatic rings. The molecule has 0 aromatic heterocycles. The lowest BCUT2D eigenvalue weighted by molar-refractivity contribution is 0.0779. The van der Waals surface area contributed by atoms with Crippen molar-refractivity contribution in [2.75, 3.05) is 13.2 Å². The molecule has 0 heterocycles. The largest absolute Gasteiger partial charge is 0.377 e. The van der Waals surface area contributed by atoms with Crippen LogP contribution in [0.5, 0.6) is 0 Å². The quantitative estimate of drug-likeness (QED) is 0.219. The van der Waals surface area contributed by atoms with Gasteiger partial charge in [0.25, 0.3) is 0 Å². The van der Waals surface area contributed by atoms with Gasteiger partial charge in [0.05, 0.1) is 6.61 Å². The molecule has 2 fully saturated rings. The minimum absolute atomic E-state index is 0.725. The highest BCUT2D eigenvalue weighted by Gasteiger charge is 2.30.